The van der Waals surface area contributed by atoms with E-state index in [9.17, 15) is 0 Å². The molecule has 109 valence electrons. The van der Waals surface area contributed by atoms with E-state index in [0.717, 1.165) is 5.75 Å². The average Bonchev–Trinajstić information content (AvgIpc) is 2.85. The van der Waals surface area contributed by atoms with Crippen LogP contribution in [0.3, 0.4) is 0 Å². The minimum Gasteiger partial charge on any atom is -0.544 e. The van der Waals surface area contributed by atoms with Crippen molar-refractivity contribution in [3.63, 3.8) is 0 Å². The lowest BCUT2D eigenvalue weighted by molar-refractivity contribution is 0.540. The summed E-state index contributed by atoms with van der Waals surface area (Å²) < 4.78 is 6.49. The molecule has 1 radical (unpaired) electrons. The van der Waals surface area contributed by atoms with Crippen LogP contribution in [0.5, 0.6) is 5.75 Å². The lowest BCUT2D eigenvalue weighted by atomic mass is 10.1. The van der Waals surface area contributed by atoms with Crippen LogP contribution in [-0.2, 0) is 0 Å². The highest BCUT2D eigenvalue weighted by atomic mass is 28.4. The molecule has 0 fully saturated rings. The van der Waals surface area contributed by atoms with Gasteiger partial charge in [-0.2, -0.15) is 0 Å². The van der Waals surface area contributed by atoms with Gasteiger partial charge in [0.2, 0.25) is 8.32 Å². The van der Waals surface area contributed by atoms with Crippen molar-refractivity contribution in [2.24, 2.45) is 0 Å². The summed E-state index contributed by atoms with van der Waals surface area (Å²) in [6, 6.07) is 16.2. The Morgan fingerprint density at radius 1 is 0.952 bits per heavy atom. The number of unbranched alkanes of at least 4 members (excludes halogenated alkanes) is 1. The Bertz CT molecular complexity index is 646. The fourth-order valence-electron chi connectivity index (χ4n) is 2.99. The van der Waals surface area contributed by atoms with E-state index in [4.69, 9.17) is 4.43 Å². The van der Waals surface area contributed by atoms with Gasteiger partial charge in [0.1, 0.15) is 5.75 Å². The van der Waals surface area contributed by atoms with Gasteiger partial charge in [-0.05, 0) is 41.9 Å². The number of fused-ring (bicyclic) bond motifs is 3. The van der Waals surface area contributed by atoms with Gasteiger partial charge in [0.15, 0.2) is 0 Å². The Morgan fingerprint density at radius 2 is 1.71 bits per heavy atom. The Labute approximate surface area is 129 Å². The van der Waals surface area contributed by atoms with Crippen LogP contribution in [0.25, 0.3) is 11.1 Å². The molecule has 0 amide bonds. The van der Waals surface area contributed by atoms with Gasteiger partial charge in [-0.15, -0.1) is 0 Å². The number of rotatable bonds is 5. The predicted molar refractivity (Wildman–Crippen MR) is 92.2 cm³/mol. The van der Waals surface area contributed by atoms with Crippen molar-refractivity contribution in [3.05, 3.63) is 60.0 Å². The molecule has 21 heavy (non-hydrogen) atoms. The van der Waals surface area contributed by atoms with Crippen LogP contribution in [-0.4, -0.2) is 8.32 Å². The maximum absolute atomic E-state index is 6.49. The lowest BCUT2D eigenvalue weighted by Gasteiger charge is -2.25. The van der Waals surface area contributed by atoms with Crippen molar-refractivity contribution < 1.29 is 4.43 Å². The second kappa shape index (κ2) is 5.68. The molecule has 1 nitrogen and oxygen atoms in total. The van der Waals surface area contributed by atoms with Crippen LogP contribution in [0.2, 0.25) is 19.1 Å². The largest absolute Gasteiger partial charge is 0.544 e. The van der Waals surface area contributed by atoms with Crippen LogP contribution in [0, 0.1) is 6.42 Å². The highest BCUT2D eigenvalue weighted by Crippen LogP contribution is 2.43. The van der Waals surface area contributed by atoms with Crippen LogP contribution in [0.4, 0.5) is 0 Å². The van der Waals surface area contributed by atoms with Gasteiger partial charge in [-0.25, -0.2) is 0 Å². The first kappa shape index (κ1) is 14.4. The van der Waals surface area contributed by atoms with Crippen LogP contribution >= 0.6 is 0 Å². The zero-order valence-corrected chi connectivity index (χ0v) is 14.1. The normalized spacial score (nSPS) is 12.9. The van der Waals surface area contributed by atoms with Crippen molar-refractivity contribution in [1.29, 1.82) is 0 Å². The Balaban J connectivity index is 1.90. The first-order chi connectivity index (χ1) is 10.1. The Morgan fingerprint density at radius 3 is 2.52 bits per heavy atom. The first-order valence-corrected chi connectivity index (χ1v) is 11.0. The fraction of sp³-hybridized carbons (Fsp3) is 0.316. The fourth-order valence-corrected chi connectivity index (χ4v) is 5.07. The quantitative estimate of drug-likeness (QED) is 0.552. The minimum atomic E-state index is -1.63. The van der Waals surface area contributed by atoms with Gasteiger partial charge in [0.25, 0.3) is 0 Å². The summed E-state index contributed by atoms with van der Waals surface area (Å²) >= 11 is 0. The van der Waals surface area contributed by atoms with Gasteiger partial charge in [0.05, 0.1) is 0 Å². The molecule has 2 aromatic carbocycles. The second-order valence-electron chi connectivity index (χ2n) is 6.41. The van der Waals surface area contributed by atoms with E-state index < -0.39 is 8.32 Å². The molecule has 0 spiro atoms. The van der Waals surface area contributed by atoms with Gasteiger partial charge in [-0.3, -0.25) is 0 Å². The molecule has 0 saturated carbocycles. The third-order valence-corrected chi connectivity index (χ3v) is 6.47. The topological polar surface area (TPSA) is 9.23 Å². The highest BCUT2D eigenvalue weighted by Gasteiger charge is 2.27. The summed E-state index contributed by atoms with van der Waals surface area (Å²) in [5.74, 6) is 1.07. The molecule has 3 rings (SSSR count). The van der Waals surface area contributed by atoms with Crippen molar-refractivity contribution in [3.8, 4) is 16.9 Å². The summed E-state index contributed by atoms with van der Waals surface area (Å²) in [7, 11) is -1.63. The minimum absolute atomic E-state index is 1.07. The van der Waals surface area contributed by atoms with E-state index in [1.165, 1.54) is 41.1 Å². The number of hydrogen-bond donors (Lipinski definition) is 0. The van der Waals surface area contributed by atoms with Crippen molar-refractivity contribution in [2.45, 2.75) is 38.9 Å². The first-order valence-electron chi connectivity index (χ1n) is 7.87. The summed E-state index contributed by atoms with van der Waals surface area (Å²) in [4.78, 5) is 0. The van der Waals surface area contributed by atoms with Gasteiger partial charge >= 0.3 is 0 Å². The molecule has 2 heteroatoms. The maximum Gasteiger partial charge on any atom is 0.245 e. The second-order valence-corrected chi connectivity index (χ2v) is 10.6. The number of hydrogen-bond acceptors (Lipinski definition) is 1. The molecule has 1 aliphatic carbocycles. The number of benzene rings is 2. The zero-order chi connectivity index (χ0) is 14.9. The molecule has 0 saturated heterocycles. The monoisotopic (exact) mass is 295 g/mol. The predicted octanol–water partition coefficient (Wildman–Crippen LogP) is 5.65. The van der Waals surface area contributed by atoms with Crippen molar-refractivity contribution in [2.75, 3.05) is 0 Å². The van der Waals surface area contributed by atoms with Crippen molar-refractivity contribution >= 4 is 8.32 Å². The van der Waals surface area contributed by atoms with Crippen LogP contribution < -0.4 is 4.43 Å². The van der Waals surface area contributed by atoms with E-state index >= 15 is 0 Å². The standard InChI is InChI=1S/C19H23OSi/c1-4-5-13-21(2,3)20-19-12-8-11-17-16-10-7-6-9-15(16)14-18(17)19/h6-12,14H,4-5,13H2,1-3H3. The molecule has 2 aromatic rings. The van der Waals surface area contributed by atoms with E-state index in [0.29, 0.717) is 0 Å². The van der Waals surface area contributed by atoms with E-state index in [1.54, 1.807) is 0 Å². The lowest BCUT2D eigenvalue weighted by Crippen LogP contribution is -2.34. The van der Waals surface area contributed by atoms with E-state index in [2.05, 4.69) is 68.9 Å². The van der Waals surface area contributed by atoms with Crippen molar-refractivity contribution in [1.82, 2.24) is 0 Å². The molecule has 0 unspecified atom stereocenters. The third-order valence-electron chi connectivity index (χ3n) is 4.14. The van der Waals surface area contributed by atoms with Gasteiger partial charge in [0, 0.05) is 12.0 Å². The SMILES string of the molecule is CCCC[Si](C)(C)Oc1cccc2c1[CH]c1ccccc1-2. The summed E-state index contributed by atoms with van der Waals surface area (Å²) in [5, 5.41) is 0. The summed E-state index contributed by atoms with van der Waals surface area (Å²) in [6.45, 7) is 6.89. The molecule has 0 heterocycles. The van der Waals surface area contributed by atoms with Gasteiger partial charge in [-0.1, -0.05) is 56.2 Å². The molecule has 0 bridgehead atoms. The average molecular weight is 295 g/mol. The van der Waals surface area contributed by atoms with Crippen LogP contribution in [0.1, 0.15) is 30.9 Å². The summed E-state index contributed by atoms with van der Waals surface area (Å²) in [5.41, 5.74) is 5.20. The smallest absolute Gasteiger partial charge is 0.245 e. The summed E-state index contributed by atoms with van der Waals surface area (Å²) in [6.07, 6.45) is 4.77. The van der Waals surface area contributed by atoms with Crippen LogP contribution in [0.15, 0.2) is 42.5 Å². The van der Waals surface area contributed by atoms with E-state index in [-0.39, 0.29) is 0 Å². The van der Waals surface area contributed by atoms with Gasteiger partial charge < -0.3 is 4.43 Å². The molecule has 0 atom stereocenters. The maximum atomic E-state index is 6.49. The third kappa shape index (κ3) is 2.91. The van der Waals surface area contributed by atoms with E-state index in [1.807, 2.05) is 0 Å². The molecular formula is C19H23OSi. The Hall–Kier alpha value is -1.54. The molecular weight excluding hydrogens is 272 g/mol. The molecule has 0 aromatic heterocycles. The molecule has 0 aliphatic heterocycles. The Kier molecular flexibility index (Phi) is 3.90. The zero-order valence-electron chi connectivity index (χ0n) is 13.1. The molecule has 0 N–H and O–H groups in total. The highest BCUT2D eigenvalue weighted by molar-refractivity contribution is 6.71. The molecule has 1 aliphatic rings.